The zero-order chi connectivity index (χ0) is 12.2. The lowest BCUT2D eigenvalue weighted by Gasteiger charge is -2.12. The zero-order valence-corrected chi connectivity index (χ0v) is 10.2. The van der Waals surface area contributed by atoms with E-state index in [0.717, 1.165) is 0 Å². The maximum atomic E-state index is 11.5. The van der Waals surface area contributed by atoms with Crippen LogP contribution in [0, 0.1) is 0 Å². The summed E-state index contributed by atoms with van der Waals surface area (Å²) in [6.45, 7) is 1.70. The maximum Gasteiger partial charge on any atom is 0.330 e. The first-order chi connectivity index (χ1) is 7.46. The molecule has 0 aliphatic rings. The van der Waals surface area contributed by atoms with Crippen LogP contribution in [0.3, 0.4) is 0 Å². The van der Waals surface area contributed by atoms with Gasteiger partial charge in [0.2, 0.25) is 0 Å². The second-order valence-electron chi connectivity index (χ2n) is 3.02. The fourth-order valence-corrected chi connectivity index (χ4v) is 2.57. The summed E-state index contributed by atoms with van der Waals surface area (Å²) in [5.74, 6) is -0.858. The van der Waals surface area contributed by atoms with Gasteiger partial charge in [-0.05, 0) is 12.5 Å². The summed E-state index contributed by atoms with van der Waals surface area (Å²) in [6, 6.07) is 8.00. The normalized spacial score (nSPS) is 13.1. The molecule has 0 amide bonds. The van der Waals surface area contributed by atoms with Gasteiger partial charge in [-0.2, -0.15) is 0 Å². The van der Waals surface area contributed by atoms with Crippen LogP contribution in [0.1, 0.15) is 17.7 Å². The molecule has 0 radical (unpaired) electrons. The Balaban J connectivity index is 3.13. The lowest BCUT2D eigenvalue weighted by molar-refractivity contribution is -0.142. The average Bonchev–Trinajstić information content (AvgIpc) is 2.17. The number of carbonyl (C=O) groups excluding carboxylic acids is 1. The molecule has 0 saturated carbocycles. The molecule has 0 aliphatic heterocycles. The summed E-state index contributed by atoms with van der Waals surface area (Å²) >= 11 is 0. The smallest absolute Gasteiger partial charge is 0.330 e. The van der Waals surface area contributed by atoms with Crippen molar-refractivity contribution in [3.8, 4) is 0 Å². The van der Waals surface area contributed by atoms with E-state index in [9.17, 15) is 13.2 Å². The van der Waals surface area contributed by atoms with E-state index in [4.69, 9.17) is 10.7 Å². The molecule has 1 unspecified atom stereocenters. The van der Waals surface area contributed by atoms with Crippen LogP contribution in [-0.2, 0) is 18.6 Å². The minimum absolute atomic E-state index is 0.106. The van der Waals surface area contributed by atoms with Gasteiger partial charge in [-0.3, -0.25) is 4.79 Å². The molecule has 88 valence electrons. The molecule has 1 aromatic carbocycles. The van der Waals surface area contributed by atoms with Crippen LogP contribution < -0.4 is 0 Å². The van der Waals surface area contributed by atoms with Crippen molar-refractivity contribution in [3.05, 3.63) is 35.9 Å². The van der Waals surface area contributed by atoms with Gasteiger partial charge in [-0.25, -0.2) is 8.42 Å². The third kappa shape index (κ3) is 3.21. The zero-order valence-electron chi connectivity index (χ0n) is 8.59. The standard InChI is InChI=1S/C10H11ClO4S/c1-2-15-10(12)9(16(11,13)14)8-6-4-3-5-7-8/h3-7,9H,2H2,1H3. The van der Waals surface area contributed by atoms with E-state index in [0.29, 0.717) is 5.56 Å². The number of esters is 1. The lowest BCUT2D eigenvalue weighted by Crippen LogP contribution is -2.21. The van der Waals surface area contributed by atoms with Gasteiger partial charge in [0.1, 0.15) is 0 Å². The van der Waals surface area contributed by atoms with Gasteiger partial charge in [-0.15, -0.1) is 0 Å². The molecule has 0 bridgehead atoms. The second kappa shape index (κ2) is 5.32. The van der Waals surface area contributed by atoms with Crippen molar-refractivity contribution in [2.75, 3.05) is 6.61 Å². The van der Waals surface area contributed by atoms with Crippen molar-refractivity contribution in [3.63, 3.8) is 0 Å². The van der Waals surface area contributed by atoms with Crippen LogP contribution >= 0.6 is 10.7 Å². The van der Waals surface area contributed by atoms with Crippen LogP contribution in [0.15, 0.2) is 30.3 Å². The van der Waals surface area contributed by atoms with Crippen molar-refractivity contribution >= 4 is 25.7 Å². The molecule has 0 aromatic heterocycles. The number of rotatable bonds is 4. The first-order valence-electron chi connectivity index (χ1n) is 4.62. The van der Waals surface area contributed by atoms with Gasteiger partial charge in [0.15, 0.2) is 5.25 Å². The van der Waals surface area contributed by atoms with Crippen LogP contribution in [0.2, 0.25) is 0 Å². The SMILES string of the molecule is CCOC(=O)C(c1ccccc1)S(=O)(=O)Cl. The Morgan fingerprint density at radius 2 is 1.94 bits per heavy atom. The number of ether oxygens (including phenoxy) is 1. The fourth-order valence-electron chi connectivity index (χ4n) is 1.26. The van der Waals surface area contributed by atoms with E-state index in [-0.39, 0.29) is 6.61 Å². The number of halogens is 1. The fraction of sp³-hybridized carbons (Fsp3) is 0.300. The molecular formula is C10H11ClO4S. The Bertz CT molecular complexity index is 455. The molecule has 4 nitrogen and oxygen atoms in total. The van der Waals surface area contributed by atoms with E-state index in [1.807, 2.05) is 0 Å². The summed E-state index contributed by atoms with van der Waals surface area (Å²) in [7, 11) is 1.19. The highest BCUT2D eigenvalue weighted by Crippen LogP contribution is 2.26. The molecular weight excluding hydrogens is 252 g/mol. The molecule has 0 saturated heterocycles. The first-order valence-corrected chi connectivity index (χ1v) is 6.99. The predicted octanol–water partition coefficient (Wildman–Crippen LogP) is 1.86. The van der Waals surface area contributed by atoms with Crippen molar-refractivity contribution in [2.24, 2.45) is 0 Å². The maximum absolute atomic E-state index is 11.5. The quantitative estimate of drug-likeness (QED) is 0.614. The molecule has 0 heterocycles. The van der Waals surface area contributed by atoms with Gasteiger partial charge < -0.3 is 4.74 Å². The minimum atomic E-state index is -4.04. The topological polar surface area (TPSA) is 60.4 Å². The van der Waals surface area contributed by atoms with Crippen molar-refractivity contribution in [1.29, 1.82) is 0 Å². The van der Waals surface area contributed by atoms with Gasteiger partial charge in [-0.1, -0.05) is 30.3 Å². The van der Waals surface area contributed by atoms with Crippen molar-refractivity contribution in [2.45, 2.75) is 12.2 Å². The summed E-state index contributed by atoms with van der Waals surface area (Å²) in [5.41, 5.74) is 0.302. The predicted molar refractivity (Wildman–Crippen MR) is 60.6 cm³/mol. The van der Waals surface area contributed by atoms with Crippen LogP contribution in [0.25, 0.3) is 0 Å². The van der Waals surface area contributed by atoms with E-state index < -0.39 is 20.3 Å². The van der Waals surface area contributed by atoms with E-state index in [2.05, 4.69) is 4.74 Å². The number of hydrogen-bond acceptors (Lipinski definition) is 4. The number of benzene rings is 1. The Morgan fingerprint density at radius 1 is 1.38 bits per heavy atom. The summed E-state index contributed by atoms with van der Waals surface area (Å²) in [5, 5.41) is -1.46. The molecule has 16 heavy (non-hydrogen) atoms. The average molecular weight is 263 g/mol. The van der Waals surface area contributed by atoms with Crippen LogP contribution in [-0.4, -0.2) is 21.0 Å². The highest BCUT2D eigenvalue weighted by Gasteiger charge is 2.33. The van der Waals surface area contributed by atoms with Gasteiger partial charge in [0.05, 0.1) is 6.61 Å². The Labute approximate surface area is 98.6 Å². The van der Waals surface area contributed by atoms with Gasteiger partial charge in [0, 0.05) is 10.7 Å². The van der Waals surface area contributed by atoms with Crippen molar-refractivity contribution in [1.82, 2.24) is 0 Å². The van der Waals surface area contributed by atoms with E-state index >= 15 is 0 Å². The Hall–Kier alpha value is -1.07. The summed E-state index contributed by atoms with van der Waals surface area (Å²) in [4.78, 5) is 11.5. The monoisotopic (exact) mass is 262 g/mol. The van der Waals surface area contributed by atoms with E-state index in [1.165, 1.54) is 12.1 Å². The molecule has 6 heteroatoms. The minimum Gasteiger partial charge on any atom is -0.465 e. The number of hydrogen-bond donors (Lipinski definition) is 0. The van der Waals surface area contributed by atoms with E-state index in [1.54, 1.807) is 25.1 Å². The molecule has 0 aliphatic carbocycles. The third-order valence-electron chi connectivity index (χ3n) is 1.88. The Kier molecular flexibility index (Phi) is 4.32. The molecule has 0 fully saturated rings. The molecule has 1 rings (SSSR count). The third-order valence-corrected chi connectivity index (χ3v) is 3.45. The highest BCUT2D eigenvalue weighted by atomic mass is 35.7. The lowest BCUT2D eigenvalue weighted by atomic mass is 10.1. The molecule has 0 N–H and O–H groups in total. The van der Waals surface area contributed by atoms with Gasteiger partial charge in [0.25, 0.3) is 9.05 Å². The second-order valence-corrected chi connectivity index (χ2v) is 5.73. The van der Waals surface area contributed by atoms with Crippen LogP contribution in [0.4, 0.5) is 0 Å². The molecule has 1 atom stereocenters. The summed E-state index contributed by atoms with van der Waals surface area (Å²) in [6.07, 6.45) is 0. The number of carbonyl (C=O) groups is 1. The first kappa shape index (κ1) is 13.0. The highest BCUT2D eigenvalue weighted by molar-refractivity contribution is 8.14. The van der Waals surface area contributed by atoms with Crippen molar-refractivity contribution < 1.29 is 17.9 Å². The Morgan fingerprint density at radius 3 is 2.38 bits per heavy atom. The molecule has 1 aromatic rings. The van der Waals surface area contributed by atoms with Crippen LogP contribution in [0.5, 0.6) is 0 Å². The largest absolute Gasteiger partial charge is 0.465 e. The molecule has 0 spiro atoms. The van der Waals surface area contributed by atoms with Gasteiger partial charge >= 0.3 is 5.97 Å². The summed E-state index contributed by atoms with van der Waals surface area (Å²) < 4.78 is 27.3.